The molecule has 0 heterocycles. The maximum atomic E-state index is 12.5. The van der Waals surface area contributed by atoms with Crippen LogP contribution in [0.2, 0.25) is 0 Å². The van der Waals surface area contributed by atoms with E-state index in [9.17, 15) is 4.79 Å². The molecule has 1 saturated carbocycles. The molecular weight excluding hydrogens is 208 g/mol. The summed E-state index contributed by atoms with van der Waals surface area (Å²) in [4.78, 5) is 12.5. The van der Waals surface area contributed by atoms with Crippen molar-refractivity contribution in [1.29, 1.82) is 0 Å². The van der Waals surface area contributed by atoms with Gasteiger partial charge in [-0.1, -0.05) is 43.5 Å². The number of hydrogen-bond acceptors (Lipinski definition) is 1. The highest BCUT2D eigenvalue weighted by Gasteiger charge is 2.33. The van der Waals surface area contributed by atoms with Crippen molar-refractivity contribution in [1.82, 2.24) is 0 Å². The molecule has 0 saturated heterocycles. The van der Waals surface area contributed by atoms with E-state index in [2.05, 4.69) is 6.07 Å². The van der Waals surface area contributed by atoms with Crippen LogP contribution in [0.1, 0.15) is 54.4 Å². The van der Waals surface area contributed by atoms with Crippen LogP contribution in [0, 0.1) is 11.8 Å². The average molecular weight is 228 g/mol. The van der Waals surface area contributed by atoms with Crippen molar-refractivity contribution in [2.24, 2.45) is 11.8 Å². The summed E-state index contributed by atoms with van der Waals surface area (Å²) < 4.78 is 0. The van der Waals surface area contributed by atoms with Gasteiger partial charge in [0, 0.05) is 11.5 Å². The van der Waals surface area contributed by atoms with Crippen molar-refractivity contribution < 1.29 is 4.79 Å². The zero-order chi connectivity index (χ0) is 11.7. The van der Waals surface area contributed by atoms with E-state index in [0.29, 0.717) is 17.6 Å². The predicted molar refractivity (Wildman–Crippen MR) is 69.2 cm³/mol. The highest BCUT2D eigenvalue weighted by atomic mass is 16.1. The molecule has 1 aromatic rings. The Morgan fingerprint density at radius 3 is 2.53 bits per heavy atom. The molecule has 1 nitrogen and oxygen atoms in total. The summed E-state index contributed by atoms with van der Waals surface area (Å²) >= 11 is 0. The smallest absolute Gasteiger partial charge is 0.166 e. The molecule has 1 fully saturated rings. The summed E-state index contributed by atoms with van der Waals surface area (Å²) in [6.45, 7) is 0. The standard InChI is InChI=1S/C16H20O/c17-16-14-9-5-4-8-13(14)10-11-15(16)12-6-2-1-3-7-12/h4-5,8-9,12,15H,1-3,6-7,10-11H2/t15-/m1/s1. The van der Waals surface area contributed by atoms with Crippen LogP contribution in [0.3, 0.4) is 0 Å². The molecule has 0 aliphatic heterocycles. The molecule has 2 aliphatic carbocycles. The van der Waals surface area contributed by atoms with E-state index in [1.54, 1.807) is 0 Å². The van der Waals surface area contributed by atoms with E-state index in [-0.39, 0.29) is 0 Å². The van der Waals surface area contributed by atoms with Gasteiger partial charge in [0.1, 0.15) is 0 Å². The summed E-state index contributed by atoms with van der Waals surface area (Å²) in [7, 11) is 0. The first-order chi connectivity index (χ1) is 8.36. The number of Topliss-reactive ketones (excluding diaryl/α,β-unsaturated/α-hetero) is 1. The maximum Gasteiger partial charge on any atom is 0.166 e. The first kappa shape index (κ1) is 11.0. The lowest BCUT2D eigenvalue weighted by Gasteiger charge is -2.32. The van der Waals surface area contributed by atoms with Crippen LogP contribution >= 0.6 is 0 Å². The van der Waals surface area contributed by atoms with Gasteiger partial charge in [0.2, 0.25) is 0 Å². The lowest BCUT2D eigenvalue weighted by molar-refractivity contribution is 0.0819. The quantitative estimate of drug-likeness (QED) is 0.709. The molecule has 0 radical (unpaired) electrons. The zero-order valence-corrected chi connectivity index (χ0v) is 10.3. The van der Waals surface area contributed by atoms with Crippen molar-refractivity contribution in [3.8, 4) is 0 Å². The van der Waals surface area contributed by atoms with Crippen molar-refractivity contribution in [3.05, 3.63) is 35.4 Å². The number of fused-ring (bicyclic) bond motifs is 1. The van der Waals surface area contributed by atoms with E-state index in [4.69, 9.17) is 0 Å². The van der Waals surface area contributed by atoms with Gasteiger partial charge in [0.05, 0.1) is 0 Å². The van der Waals surface area contributed by atoms with Gasteiger partial charge < -0.3 is 0 Å². The second kappa shape index (κ2) is 4.64. The predicted octanol–water partition coefficient (Wildman–Crippen LogP) is 4.01. The monoisotopic (exact) mass is 228 g/mol. The molecule has 2 aliphatic rings. The van der Waals surface area contributed by atoms with Gasteiger partial charge >= 0.3 is 0 Å². The Hall–Kier alpha value is -1.11. The number of rotatable bonds is 1. The zero-order valence-electron chi connectivity index (χ0n) is 10.3. The number of ketones is 1. The van der Waals surface area contributed by atoms with Crippen LogP contribution < -0.4 is 0 Å². The Bertz CT molecular complexity index is 415. The minimum Gasteiger partial charge on any atom is -0.294 e. The van der Waals surface area contributed by atoms with E-state index < -0.39 is 0 Å². The molecule has 0 amide bonds. The van der Waals surface area contributed by atoms with Gasteiger partial charge in [-0.05, 0) is 37.2 Å². The molecule has 1 heteroatoms. The summed E-state index contributed by atoms with van der Waals surface area (Å²) in [5, 5.41) is 0. The van der Waals surface area contributed by atoms with Crippen LogP contribution in [-0.2, 0) is 6.42 Å². The third-order valence-electron chi connectivity index (χ3n) is 4.56. The highest BCUT2D eigenvalue weighted by molar-refractivity contribution is 6.00. The normalized spacial score (nSPS) is 25.6. The molecule has 1 atom stereocenters. The molecule has 0 unspecified atom stereocenters. The molecular formula is C16H20O. The van der Waals surface area contributed by atoms with Crippen molar-refractivity contribution in [2.45, 2.75) is 44.9 Å². The van der Waals surface area contributed by atoms with Crippen LogP contribution in [-0.4, -0.2) is 5.78 Å². The van der Waals surface area contributed by atoms with Crippen LogP contribution in [0.5, 0.6) is 0 Å². The first-order valence-electron chi connectivity index (χ1n) is 6.98. The lowest BCUT2D eigenvalue weighted by atomic mass is 9.71. The van der Waals surface area contributed by atoms with Crippen molar-refractivity contribution >= 4 is 5.78 Å². The number of benzene rings is 1. The number of carbonyl (C=O) groups is 1. The van der Waals surface area contributed by atoms with Gasteiger partial charge in [0.25, 0.3) is 0 Å². The number of hydrogen-bond donors (Lipinski definition) is 0. The fourth-order valence-electron chi connectivity index (χ4n) is 3.61. The van der Waals surface area contributed by atoms with Crippen LogP contribution in [0.15, 0.2) is 24.3 Å². The Balaban J connectivity index is 1.83. The molecule has 17 heavy (non-hydrogen) atoms. The molecule has 0 aromatic heterocycles. The lowest BCUT2D eigenvalue weighted by Crippen LogP contribution is -2.30. The minimum atomic E-state index is 0.324. The summed E-state index contributed by atoms with van der Waals surface area (Å²) in [6.07, 6.45) is 8.76. The molecule has 0 spiro atoms. The first-order valence-corrected chi connectivity index (χ1v) is 6.98. The minimum absolute atomic E-state index is 0.324. The van der Waals surface area contributed by atoms with E-state index >= 15 is 0 Å². The Morgan fingerprint density at radius 1 is 0.941 bits per heavy atom. The average Bonchev–Trinajstić information content (AvgIpc) is 2.40. The Kier molecular flexibility index (Phi) is 3.00. The molecule has 0 bridgehead atoms. The van der Waals surface area contributed by atoms with Gasteiger partial charge in [-0.2, -0.15) is 0 Å². The maximum absolute atomic E-state index is 12.5. The third-order valence-corrected chi connectivity index (χ3v) is 4.56. The summed E-state index contributed by atoms with van der Waals surface area (Å²) in [6, 6.07) is 8.18. The number of aryl methyl sites for hydroxylation is 1. The Morgan fingerprint density at radius 2 is 1.71 bits per heavy atom. The van der Waals surface area contributed by atoms with Gasteiger partial charge in [-0.3, -0.25) is 4.79 Å². The largest absolute Gasteiger partial charge is 0.294 e. The molecule has 1 aromatic carbocycles. The SMILES string of the molecule is O=C1c2ccccc2CC[C@@H]1C1CCCCC1. The van der Waals surface area contributed by atoms with Gasteiger partial charge in [-0.15, -0.1) is 0 Å². The molecule has 90 valence electrons. The summed E-state index contributed by atoms with van der Waals surface area (Å²) in [5.41, 5.74) is 2.28. The van der Waals surface area contributed by atoms with Crippen molar-refractivity contribution in [2.75, 3.05) is 0 Å². The van der Waals surface area contributed by atoms with Gasteiger partial charge in [-0.25, -0.2) is 0 Å². The second-order valence-corrected chi connectivity index (χ2v) is 5.56. The summed E-state index contributed by atoms with van der Waals surface area (Å²) in [5.74, 6) is 1.42. The molecule has 3 rings (SSSR count). The van der Waals surface area contributed by atoms with Crippen molar-refractivity contribution in [3.63, 3.8) is 0 Å². The van der Waals surface area contributed by atoms with Crippen LogP contribution in [0.25, 0.3) is 0 Å². The van der Waals surface area contributed by atoms with E-state index in [0.717, 1.165) is 18.4 Å². The van der Waals surface area contributed by atoms with Crippen LogP contribution in [0.4, 0.5) is 0 Å². The fourth-order valence-corrected chi connectivity index (χ4v) is 3.61. The third kappa shape index (κ3) is 2.03. The highest BCUT2D eigenvalue weighted by Crippen LogP contribution is 2.37. The topological polar surface area (TPSA) is 17.1 Å². The second-order valence-electron chi connectivity index (χ2n) is 5.56. The number of carbonyl (C=O) groups excluding carboxylic acids is 1. The van der Waals surface area contributed by atoms with E-state index in [1.807, 2.05) is 18.2 Å². The fraction of sp³-hybridized carbons (Fsp3) is 0.562. The Labute approximate surface area is 103 Å². The van der Waals surface area contributed by atoms with Gasteiger partial charge in [0.15, 0.2) is 5.78 Å². The van der Waals surface area contributed by atoms with E-state index in [1.165, 1.54) is 37.7 Å². The molecule has 0 N–H and O–H groups in total.